The molecule has 2 aliphatic rings. The quantitative estimate of drug-likeness (QED) is 0.719. The SMILES string of the molecule is CN(C(=O)C(=O)Nc1cc(S(=O)(=O)N2CCOCC2)ccc1Cl)C1CCCCC1. The topological polar surface area (TPSA) is 96.0 Å². The Hall–Kier alpha value is -1.68. The molecule has 1 N–H and O–H groups in total. The zero-order valence-corrected chi connectivity index (χ0v) is 18.0. The average molecular weight is 444 g/mol. The Morgan fingerprint density at radius 3 is 2.48 bits per heavy atom. The maximum atomic E-state index is 12.8. The molecule has 1 saturated heterocycles. The number of nitrogens with one attached hydrogen (secondary N) is 1. The number of halogens is 1. The molecule has 0 radical (unpaired) electrons. The predicted molar refractivity (Wildman–Crippen MR) is 109 cm³/mol. The Morgan fingerprint density at radius 2 is 1.83 bits per heavy atom. The summed E-state index contributed by atoms with van der Waals surface area (Å²) < 4.78 is 32.2. The highest BCUT2D eigenvalue weighted by atomic mass is 35.5. The van der Waals surface area contributed by atoms with E-state index < -0.39 is 21.8 Å². The number of nitrogens with zero attached hydrogens (tertiary/aromatic N) is 2. The van der Waals surface area contributed by atoms with Crippen LogP contribution in [0.4, 0.5) is 5.69 Å². The fourth-order valence-corrected chi connectivity index (χ4v) is 5.27. The Morgan fingerprint density at radius 1 is 1.17 bits per heavy atom. The third kappa shape index (κ3) is 5.09. The lowest BCUT2D eigenvalue weighted by Crippen LogP contribution is -2.44. The summed E-state index contributed by atoms with van der Waals surface area (Å²) >= 11 is 6.14. The number of amides is 2. The second-order valence-electron chi connectivity index (χ2n) is 7.32. The number of rotatable bonds is 4. The van der Waals surface area contributed by atoms with Crippen molar-refractivity contribution in [2.24, 2.45) is 0 Å². The van der Waals surface area contributed by atoms with Crippen LogP contribution in [0.25, 0.3) is 0 Å². The van der Waals surface area contributed by atoms with Crippen LogP contribution in [-0.4, -0.2) is 68.8 Å². The number of hydrogen-bond donors (Lipinski definition) is 1. The third-order valence-electron chi connectivity index (χ3n) is 5.43. The molecule has 1 aliphatic heterocycles. The molecule has 8 nitrogen and oxygen atoms in total. The van der Waals surface area contributed by atoms with Gasteiger partial charge in [0.15, 0.2) is 0 Å². The van der Waals surface area contributed by atoms with E-state index >= 15 is 0 Å². The first-order chi connectivity index (χ1) is 13.8. The second kappa shape index (κ2) is 9.42. The molecule has 1 aliphatic carbocycles. The van der Waals surface area contributed by atoms with E-state index in [1.165, 1.54) is 27.4 Å². The normalized spacial score (nSPS) is 19.0. The average Bonchev–Trinajstić information content (AvgIpc) is 2.75. The molecule has 2 fully saturated rings. The maximum absolute atomic E-state index is 12.8. The van der Waals surface area contributed by atoms with Gasteiger partial charge >= 0.3 is 11.8 Å². The molecule has 160 valence electrons. The molecule has 2 amide bonds. The molecule has 0 bridgehead atoms. The molecule has 1 aromatic rings. The van der Waals surface area contributed by atoms with Crippen molar-refractivity contribution in [3.05, 3.63) is 23.2 Å². The highest BCUT2D eigenvalue weighted by Crippen LogP contribution is 2.28. The smallest absolute Gasteiger partial charge is 0.313 e. The highest BCUT2D eigenvalue weighted by molar-refractivity contribution is 7.89. The number of carbonyl (C=O) groups excluding carboxylic acids is 2. The van der Waals surface area contributed by atoms with Crippen LogP contribution in [0.3, 0.4) is 0 Å². The van der Waals surface area contributed by atoms with Gasteiger partial charge in [-0.2, -0.15) is 4.31 Å². The van der Waals surface area contributed by atoms with Crippen LogP contribution in [0, 0.1) is 0 Å². The summed E-state index contributed by atoms with van der Waals surface area (Å²) in [5.41, 5.74) is 0.0939. The minimum Gasteiger partial charge on any atom is -0.379 e. The van der Waals surface area contributed by atoms with Crippen LogP contribution >= 0.6 is 11.6 Å². The molecule has 0 aromatic heterocycles. The minimum atomic E-state index is -3.74. The van der Waals surface area contributed by atoms with Crippen molar-refractivity contribution >= 4 is 39.1 Å². The first-order valence-electron chi connectivity index (χ1n) is 9.76. The maximum Gasteiger partial charge on any atom is 0.313 e. The summed E-state index contributed by atoms with van der Waals surface area (Å²) in [5.74, 6) is -1.49. The van der Waals surface area contributed by atoms with Gasteiger partial charge < -0.3 is 15.0 Å². The van der Waals surface area contributed by atoms with Gasteiger partial charge in [-0.3, -0.25) is 9.59 Å². The van der Waals surface area contributed by atoms with Gasteiger partial charge in [-0.1, -0.05) is 30.9 Å². The van der Waals surface area contributed by atoms with Crippen LogP contribution in [0.2, 0.25) is 5.02 Å². The number of hydrogen-bond acceptors (Lipinski definition) is 5. The van der Waals surface area contributed by atoms with E-state index in [0.29, 0.717) is 13.2 Å². The highest BCUT2D eigenvalue weighted by Gasteiger charge is 2.29. The number of benzene rings is 1. The number of carbonyl (C=O) groups is 2. The standard InChI is InChI=1S/C19H26ClN3O5S/c1-22(14-5-3-2-4-6-14)19(25)18(24)21-17-13-15(7-8-16(17)20)29(26,27)23-9-11-28-12-10-23/h7-8,13-14H,2-6,9-12H2,1H3,(H,21,24). The number of likely N-dealkylation sites (N-methyl/N-ethyl adjacent to an activating group) is 1. The Kier molecular flexibility index (Phi) is 7.15. The molecule has 1 aromatic carbocycles. The number of sulfonamides is 1. The minimum absolute atomic E-state index is 0.00665. The van der Waals surface area contributed by atoms with Crippen LogP contribution in [0.5, 0.6) is 0 Å². The van der Waals surface area contributed by atoms with Gasteiger partial charge in [0, 0.05) is 26.2 Å². The lowest BCUT2D eigenvalue weighted by atomic mass is 9.94. The van der Waals surface area contributed by atoms with Gasteiger partial charge in [-0.05, 0) is 31.0 Å². The van der Waals surface area contributed by atoms with E-state index in [9.17, 15) is 18.0 Å². The van der Waals surface area contributed by atoms with Gasteiger partial charge in [-0.15, -0.1) is 0 Å². The molecule has 0 atom stereocenters. The molecular weight excluding hydrogens is 418 g/mol. The number of anilines is 1. The molecule has 0 spiro atoms. The molecule has 3 rings (SSSR count). The van der Waals surface area contributed by atoms with Crippen LogP contribution in [0.15, 0.2) is 23.1 Å². The van der Waals surface area contributed by atoms with E-state index in [2.05, 4.69) is 5.32 Å². The summed E-state index contributed by atoms with van der Waals surface area (Å²) in [6.07, 6.45) is 4.98. The van der Waals surface area contributed by atoms with Gasteiger partial charge in [0.25, 0.3) is 0 Å². The zero-order chi connectivity index (χ0) is 21.0. The van der Waals surface area contributed by atoms with Crippen molar-refractivity contribution < 1.29 is 22.7 Å². The summed E-state index contributed by atoms with van der Waals surface area (Å²) in [7, 11) is -2.12. The van der Waals surface area contributed by atoms with E-state index in [4.69, 9.17) is 16.3 Å². The number of ether oxygens (including phenoxy) is 1. The fourth-order valence-electron chi connectivity index (χ4n) is 3.67. The molecule has 1 heterocycles. The lowest BCUT2D eigenvalue weighted by molar-refractivity contribution is -0.144. The van der Waals surface area contributed by atoms with Crippen molar-refractivity contribution in [3.63, 3.8) is 0 Å². The Bertz CT molecular complexity index is 865. The summed E-state index contributed by atoms with van der Waals surface area (Å²) in [6, 6.07) is 4.13. The Balaban J connectivity index is 1.74. The fraction of sp³-hybridized carbons (Fsp3) is 0.579. The number of morpholine rings is 1. The second-order valence-corrected chi connectivity index (χ2v) is 9.67. The molecule has 10 heteroatoms. The van der Waals surface area contributed by atoms with Crippen molar-refractivity contribution in [1.29, 1.82) is 0 Å². The molecule has 1 saturated carbocycles. The molecule has 29 heavy (non-hydrogen) atoms. The summed E-state index contributed by atoms with van der Waals surface area (Å²) in [5, 5.41) is 2.64. The van der Waals surface area contributed by atoms with Gasteiger partial charge in [0.2, 0.25) is 10.0 Å². The molecule has 0 unspecified atom stereocenters. The van der Waals surface area contributed by atoms with Crippen LogP contribution in [0.1, 0.15) is 32.1 Å². The van der Waals surface area contributed by atoms with E-state index in [1.54, 1.807) is 7.05 Å². The van der Waals surface area contributed by atoms with Gasteiger partial charge in [0.05, 0.1) is 28.8 Å². The Labute approximate surface area is 176 Å². The van der Waals surface area contributed by atoms with Crippen molar-refractivity contribution in [2.45, 2.75) is 43.0 Å². The summed E-state index contributed by atoms with van der Waals surface area (Å²) in [4.78, 5) is 26.5. The van der Waals surface area contributed by atoms with Gasteiger partial charge in [-0.25, -0.2) is 8.42 Å². The summed E-state index contributed by atoms with van der Waals surface area (Å²) in [6.45, 7) is 1.19. The monoisotopic (exact) mass is 443 g/mol. The molecular formula is C19H26ClN3O5S. The van der Waals surface area contributed by atoms with Crippen LogP contribution < -0.4 is 5.32 Å². The van der Waals surface area contributed by atoms with E-state index in [1.807, 2.05) is 0 Å². The van der Waals surface area contributed by atoms with Gasteiger partial charge in [0.1, 0.15) is 0 Å². The van der Waals surface area contributed by atoms with Crippen molar-refractivity contribution in [2.75, 3.05) is 38.7 Å². The zero-order valence-electron chi connectivity index (χ0n) is 16.4. The largest absolute Gasteiger partial charge is 0.379 e. The lowest BCUT2D eigenvalue weighted by Gasteiger charge is -2.30. The van der Waals surface area contributed by atoms with Crippen molar-refractivity contribution in [3.8, 4) is 0 Å². The first-order valence-corrected chi connectivity index (χ1v) is 11.6. The first kappa shape index (κ1) is 22.0. The van der Waals surface area contributed by atoms with E-state index in [0.717, 1.165) is 32.1 Å². The van der Waals surface area contributed by atoms with Crippen LogP contribution in [-0.2, 0) is 24.3 Å². The third-order valence-corrected chi connectivity index (χ3v) is 7.66. The van der Waals surface area contributed by atoms with E-state index in [-0.39, 0.29) is 34.7 Å². The van der Waals surface area contributed by atoms with Crippen molar-refractivity contribution in [1.82, 2.24) is 9.21 Å². The predicted octanol–water partition coefficient (Wildman–Crippen LogP) is 2.09.